The minimum atomic E-state index is -3.75. The van der Waals surface area contributed by atoms with E-state index in [0.717, 1.165) is 19.3 Å². The molecular formula is C12H17ClN4O3S. The summed E-state index contributed by atoms with van der Waals surface area (Å²) in [4.78, 5) is 19.5. The number of nitrogens with zero attached hydrogens (tertiary/aromatic N) is 3. The van der Waals surface area contributed by atoms with Crippen molar-refractivity contribution in [2.24, 2.45) is 0 Å². The Bertz CT molecular complexity index is 597. The van der Waals surface area contributed by atoms with Crippen molar-refractivity contribution in [3.8, 4) is 0 Å². The van der Waals surface area contributed by atoms with Crippen LogP contribution in [0.2, 0.25) is 5.15 Å². The molecule has 0 aromatic carbocycles. The predicted octanol–water partition coefficient (Wildman–Crippen LogP) is -0.213. The van der Waals surface area contributed by atoms with E-state index in [9.17, 15) is 13.2 Å². The van der Waals surface area contributed by atoms with E-state index in [4.69, 9.17) is 11.6 Å². The monoisotopic (exact) mass is 332 g/mol. The van der Waals surface area contributed by atoms with Crippen molar-refractivity contribution in [2.45, 2.75) is 4.90 Å². The lowest BCUT2D eigenvalue weighted by molar-refractivity contribution is -0.131. The molecule has 0 spiro atoms. The van der Waals surface area contributed by atoms with Gasteiger partial charge in [-0.05, 0) is 19.2 Å². The molecule has 1 fully saturated rings. The summed E-state index contributed by atoms with van der Waals surface area (Å²) in [6.45, 7) is 2.55. The summed E-state index contributed by atoms with van der Waals surface area (Å²) in [6.07, 6.45) is 1.16. The van der Waals surface area contributed by atoms with Crippen LogP contribution in [0.15, 0.2) is 23.2 Å². The van der Waals surface area contributed by atoms with Crippen LogP contribution in [0.3, 0.4) is 0 Å². The van der Waals surface area contributed by atoms with Gasteiger partial charge in [0.15, 0.2) is 0 Å². The van der Waals surface area contributed by atoms with Gasteiger partial charge in [-0.3, -0.25) is 4.79 Å². The van der Waals surface area contributed by atoms with Crippen LogP contribution in [0.25, 0.3) is 0 Å². The zero-order valence-corrected chi connectivity index (χ0v) is 13.2. The minimum Gasteiger partial charge on any atom is -0.339 e. The highest BCUT2D eigenvalue weighted by Gasteiger charge is 2.21. The highest BCUT2D eigenvalue weighted by Crippen LogP contribution is 2.10. The number of hydrogen-bond donors (Lipinski definition) is 1. The first-order chi connectivity index (χ1) is 9.88. The molecule has 1 aliphatic heterocycles. The van der Waals surface area contributed by atoms with Crippen LogP contribution in [0.4, 0.5) is 0 Å². The third kappa shape index (κ3) is 4.37. The van der Waals surface area contributed by atoms with Gasteiger partial charge in [0.2, 0.25) is 15.9 Å². The summed E-state index contributed by atoms with van der Waals surface area (Å²) in [5, 5.41) is 0.211. The molecule has 0 radical (unpaired) electrons. The molecular weight excluding hydrogens is 316 g/mol. The minimum absolute atomic E-state index is 0.0157. The van der Waals surface area contributed by atoms with E-state index in [1.807, 2.05) is 7.05 Å². The number of rotatable bonds is 4. The largest absolute Gasteiger partial charge is 0.339 e. The second-order valence-corrected chi connectivity index (χ2v) is 6.98. The van der Waals surface area contributed by atoms with Gasteiger partial charge in [-0.15, -0.1) is 0 Å². The summed E-state index contributed by atoms with van der Waals surface area (Å²) < 4.78 is 26.3. The molecule has 2 heterocycles. The second kappa shape index (κ2) is 6.69. The van der Waals surface area contributed by atoms with Crippen molar-refractivity contribution >= 4 is 27.5 Å². The second-order valence-electron chi connectivity index (χ2n) is 4.83. The first kappa shape index (κ1) is 16.2. The van der Waals surface area contributed by atoms with Gasteiger partial charge >= 0.3 is 0 Å². The predicted molar refractivity (Wildman–Crippen MR) is 78.5 cm³/mol. The van der Waals surface area contributed by atoms with Gasteiger partial charge in [-0.25, -0.2) is 18.1 Å². The number of sulfonamides is 1. The van der Waals surface area contributed by atoms with Gasteiger partial charge in [0.1, 0.15) is 10.0 Å². The number of likely N-dealkylation sites (N-methyl/N-ethyl adjacent to an activating group) is 1. The lowest BCUT2D eigenvalue weighted by Crippen LogP contribution is -2.50. The van der Waals surface area contributed by atoms with E-state index in [1.165, 1.54) is 12.1 Å². The van der Waals surface area contributed by atoms with Gasteiger partial charge in [0, 0.05) is 32.4 Å². The van der Waals surface area contributed by atoms with Crippen LogP contribution >= 0.6 is 11.6 Å². The third-order valence-electron chi connectivity index (χ3n) is 3.28. The maximum Gasteiger partial charge on any atom is 0.242 e. The Kier molecular flexibility index (Phi) is 5.15. The van der Waals surface area contributed by atoms with Crippen molar-refractivity contribution < 1.29 is 13.2 Å². The molecule has 0 aliphatic carbocycles. The number of pyridine rings is 1. The fourth-order valence-electron chi connectivity index (χ4n) is 1.93. The van der Waals surface area contributed by atoms with Gasteiger partial charge in [-0.1, -0.05) is 11.6 Å². The van der Waals surface area contributed by atoms with E-state index in [0.29, 0.717) is 13.1 Å². The zero-order valence-electron chi connectivity index (χ0n) is 11.6. The number of nitrogens with one attached hydrogen (secondary N) is 1. The highest BCUT2D eigenvalue weighted by molar-refractivity contribution is 7.89. The first-order valence-corrected chi connectivity index (χ1v) is 8.32. The Balaban J connectivity index is 1.92. The lowest BCUT2D eigenvalue weighted by atomic mass is 10.3. The molecule has 116 valence electrons. The van der Waals surface area contributed by atoms with Gasteiger partial charge < -0.3 is 9.80 Å². The first-order valence-electron chi connectivity index (χ1n) is 6.46. The molecule has 7 nitrogen and oxygen atoms in total. The highest BCUT2D eigenvalue weighted by atomic mass is 35.5. The van der Waals surface area contributed by atoms with Gasteiger partial charge in [-0.2, -0.15) is 0 Å². The van der Waals surface area contributed by atoms with E-state index in [-0.39, 0.29) is 22.5 Å². The summed E-state index contributed by atoms with van der Waals surface area (Å²) in [7, 11) is -1.77. The normalized spacial score (nSPS) is 17.0. The molecule has 0 atom stereocenters. The van der Waals surface area contributed by atoms with Crippen LogP contribution in [0.5, 0.6) is 0 Å². The Labute approximate surface area is 128 Å². The van der Waals surface area contributed by atoms with E-state index in [1.54, 1.807) is 4.90 Å². The molecule has 21 heavy (non-hydrogen) atoms. The molecule has 1 aromatic rings. The molecule has 1 aliphatic rings. The molecule has 9 heteroatoms. The molecule has 0 bridgehead atoms. The Morgan fingerprint density at radius 1 is 1.33 bits per heavy atom. The maximum atomic E-state index is 12.0. The van der Waals surface area contributed by atoms with E-state index >= 15 is 0 Å². The molecule has 1 N–H and O–H groups in total. The van der Waals surface area contributed by atoms with Crippen molar-refractivity contribution in [3.63, 3.8) is 0 Å². The number of aromatic nitrogens is 1. The van der Waals surface area contributed by atoms with Gasteiger partial charge in [0.25, 0.3) is 0 Å². The third-order valence-corrected chi connectivity index (χ3v) is 4.89. The summed E-state index contributed by atoms with van der Waals surface area (Å²) in [5.74, 6) is -0.228. The maximum absolute atomic E-state index is 12.0. The summed E-state index contributed by atoms with van der Waals surface area (Å²) in [5.41, 5.74) is 0. The van der Waals surface area contributed by atoms with Crippen LogP contribution in [0.1, 0.15) is 0 Å². The summed E-state index contributed by atoms with van der Waals surface area (Å²) >= 11 is 5.61. The number of carbonyl (C=O) groups is 1. The molecule has 0 unspecified atom stereocenters. The van der Waals surface area contributed by atoms with Crippen LogP contribution in [-0.2, 0) is 14.8 Å². The van der Waals surface area contributed by atoms with E-state index in [2.05, 4.69) is 14.6 Å². The topological polar surface area (TPSA) is 82.6 Å². The van der Waals surface area contributed by atoms with Crippen molar-refractivity contribution in [1.82, 2.24) is 19.5 Å². The molecule has 1 saturated heterocycles. The average Bonchev–Trinajstić information content (AvgIpc) is 2.46. The Morgan fingerprint density at radius 2 is 2.00 bits per heavy atom. The SMILES string of the molecule is CN1CCN(C(=O)CNS(=O)(=O)c2ccc(Cl)nc2)CC1. The van der Waals surface area contributed by atoms with Crippen LogP contribution < -0.4 is 4.72 Å². The fourth-order valence-corrected chi connectivity index (χ4v) is 2.96. The number of carbonyl (C=O) groups excluding carboxylic acids is 1. The number of hydrogen-bond acceptors (Lipinski definition) is 5. The van der Waals surface area contributed by atoms with Crippen molar-refractivity contribution in [3.05, 3.63) is 23.5 Å². The average molecular weight is 333 g/mol. The number of halogens is 1. The quantitative estimate of drug-likeness (QED) is 0.771. The van der Waals surface area contributed by atoms with E-state index < -0.39 is 10.0 Å². The standard InChI is InChI=1S/C12H17ClN4O3S/c1-16-4-6-17(7-5-16)12(18)9-15-21(19,20)10-2-3-11(13)14-8-10/h2-3,8,15H,4-7,9H2,1H3. The molecule has 2 rings (SSSR count). The number of piperazine rings is 1. The zero-order chi connectivity index (χ0) is 15.5. The van der Waals surface area contributed by atoms with Gasteiger partial charge in [0.05, 0.1) is 6.54 Å². The van der Waals surface area contributed by atoms with Crippen LogP contribution in [0, 0.1) is 0 Å². The van der Waals surface area contributed by atoms with Crippen molar-refractivity contribution in [1.29, 1.82) is 0 Å². The molecule has 0 saturated carbocycles. The lowest BCUT2D eigenvalue weighted by Gasteiger charge is -2.32. The van der Waals surface area contributed by atoms with Crippen molar-refractivity contribution in [2.75, 3.05) is 39.8 Å². The van der Waals surface area contributed by atoms with Crippen LogP contribution in [-0.4, -0.2) is 68.9 Å². The molecule has 1 aromatic heterocycles. The smallest absolute Gasteiger partial charge is 0.242 e. The molecule has 1 amide bonds. The summed E-state index contributed by atoms with van der Waals surface area (Å²) in [6, 6.07) is 2.73. The number of amides is 1. The Hall–Kier alpha value is -1.22. The Morgan fingerprint density at radius 3 is 2.57 bits per heavy atom. The fraction of sp³-hybridized carbons (Fsp3) is 0.500.